The van der Waals surface area contributed by atoms with E-state index in [1.54, 1.807) is 29.5 Å². The van der Waals surface area contributed by atoms with Gasteiger partial charge in [-0.15, -0.1) is 10.2 Å². The summed E-state index contributed by atoms with van der Waals surface area (Å²) in [5, 5.41) is 15.9. The van der Waals surface area contributed by atoms with Gasteiger partial charge in [-0.1, -0.05) is 24.3 Å². The highest BCUT2D eigenvalue weighted by molar-refractivity contribution is 5.88. The number of ether oxygens (including phenoxy) is 1. The fourth-order valence-corrected chi connectivity index (χ4v) is 1.97. The number of aryl methyl sites for hydroxylation is 1. The molecule has 20 heavy (non-hydrogen) atoms. The molecule has 0 amide bonds. The Morgan fingerprint density at radius 1 is 1.35 bits per heavy atom. The van der Waals surface area contributed by atoms with Crippen molar-refractivity contribution in [3.63, 3.8) is 0 Å². The zero-order valence-corrected chi connectivity index (χ0v) is 12.1. The monoisotopic (exact) mass is 278 g/mol. The van der Waals surface area contributed by atoms with Gasteiger partial charge in [0.1, 0.15) is 5.69 Å². The quantitative estimate of drug-likeness (QED) is 0.750. The van der Waals surface area contributed by atoms with Gasteiger partial charge in [0.2, 0.25) is 0 Å². The highest BCUT2D eigenvalue weighted by Gasteiger charge is 2.23. The first-order valence-corrected chi connectivity index (χ1v) is 6.48. The van der Waals surface area contributed by atoms with Crippen molar-refractivity contribution < 1.29 is 9.53 Å². The molecule has 0 fully saturated rings. The molecule has 0 atom stereocenters. The summed E-state index contributed by atoms with van der Waals surface area (Å²) >= 11 is 0. The molecule has 2 rings (SSSR count). The van der Waals surface area contributed by atoms with Gasteiger partial charge < -0.3 is 4.74 Å². The smallest absolute Gasteiger partial charge is 0.360 e. The van der Waals surface area contributed by atoms with Crippen LogP contribution in [0.25, 0.3) is 0 Å². The molecule has 0 aliphatic carbocycles. The molecular formula is C12H18N6O2. The lowest BCUT2D eigenvalue weighted by molar-refractivity contribution is 0.0517. The van der Waals surface area contributed by atoms with Crippen LogP contribution in [0.4, 0.5) is 0 Å². The number of rotatable bonds is 5. The normalized spacial score (nSPS) is 11.1. The van der Waals surface area contributed by atoms with Crippen molar-refractivity contribution in [3.05, 3.63) is 23.3 Å². The van der Waals surface area contributed by atoms with Gasteiger partial charge in [-0.05, 0) is 12.8 Å². The molecule has 0 spiro atoms. The van der Waals surface area contributed by atoms with E-state index in [2.05, 4.69) is 20.6 Å². The summed E-state index contributed by atoms with van der Waals surface area (Å²) in [6, 6.07) is 0. The van der Waals surface area contributed by atoms with Crippen LogP contribution in [0.2, 0.25) is 0 Å². The molecule has 2 aromatic heterocycles. The maximum absolute atomic E-state index is 11.9. The van der Waals surface area contributed by atoms with Crippen LogP contribution in [0, 0.1) is 0 Å². The predicted molar refractivity (Wildman–Crippen MR) is 70.2 cm³/mol. The molecule has 0 aromatic carbocycles. The second kappa shape index (κ2) is 5.81. The minimum atomic E-state index is -0.443. The van der Waals surface area contributed by atoms with E-state index in [-0.39, 0.29) is 11.6 Å². The third-order valence-corrected chi connectivity index (χ3v) is 2.75. The summed E-state index contributed by atoms with van der Waals surface area (Å²) in [6.45, 7) is 6.46. The summed E-state index contributed by atoms with van der Waals surface area (Å²) in [5.41, 5.74) is 1.77. The Labute approximate surface area is 116 Å². The van der Waals surface area contributed by atoms with Crippen molar-refractivity contribution in [1.82, 2.24) is 30.0 Å². The second-order valence-corrected chi connectivity index (χ2v) is 4.74. The van der Waals surface area contributed by atoms with Crippen LogP contribution >= 0.6 is 0 Å². The number of nitrogens with zero attached hydrogens (tertiary/aromatic N) is 6. The third-order valence-electron chi connectivity index (χ3n) is 2.75. The average molecular weight is 278 g/mol. The first-order chi connectivity index (χ1) is 9.52. The van der Waals surface area contributed by atoms with Crippen LogP contribution in [0.5, 0.6) is 0 Å². The molecule has 0 radical (unpaired) electrons. The average Bonchev–Trinajstić information content (AvgIpc) is 2.96. The maximum atomic E-state index is 11.9. The summed E-state index contributed by atoms with van der Waals surface area (Å²) in [7, 11) is 1.80. The van der Waals surface area contributed by atoms with Crippen LogP contribution < -0.4 is 0 Å². The second-order valence-electron chi connectivity index (χ2n) is 4.74. The highest BCUT2D eigenvalue weighted by atomic mass is 16.5. The van der Waals surface area contributed by atoms with E-state index in [9.17, 15) is 4.79 Å². The van der Waals surface area contributed by atoms with E-state index in [0.717, 1.165) is 11.4 Å². The Morgan fingerprint density at radius 3 is 2.65 bits per heavy atom. The topological polar surface area (TPSA) is 87.7 Å². The van der Waals surface area contributed by atoms with Crippen molar-refractivity contribution in [2.75, 3.05) is 6.61 Å². The van der Waals surface area contributed by atoms with Gasteiger partial charge in [-0.2, -0.15) is 0 Å². The van der Waals surface area contributed by atoms with Gasteiger partial charge in [-0.3, -0.25) is 4.68 Å². The molecule has 0 saturated heterocycles. The van der Waals surface area contributed by atoms with E-state index in [1.807, 2.05) is 13.8 Å². The van der Waals surface area contributed by atoms with E-state index < -0.39 is 5.97 Å². The highest BCUT2D eigenvalue weighted by Crippen LogP contribution is 2.19. The summed E-state index contributed by atoms with van der Waals surface area (Å²) in [6.07, 6.45) is 1.80. The summed E-state index contributed by atoms with van der Waals surface area (Å²) in [4.78, 5) is 11.9. The van der Waals surface area contributed by atoms with Crippen molar-refractivity contribution in [2.24, 2.45) is 7.05 Å². The van der Waals surface area contributed by atoms with Crippen LogP contribution in [-0.4, -0.2) is 42.6 Å². The molecule has 2 heterocycles. The van der Waals surface area contributed by atoms with E-state index in [0.29, 0.717) is 13.2 Å². The maximum Gasteiger partial charge on any atom is 0.360 e. The summed E-state index contributed by atoms with van der Waals surface area (Å²) < 4.78 is 8.29. The van der Waals surface area contributed by atoms with Gasteiger partial charge >= 0.3 is 5.97 Å². The Kier molecular flexibility index (Phi) is 4.11. The number of aromatic nitrogens is 6. The molecule has 8 nitrogen and oxygen atoms in total. The van der Waals surface area contributed by atoms with Crippen molar-refractivity contribution in [2.45, 2.75) is 33.2 Å². The molecule has 0 unspecified atom stereocenters. The van der Waals surface area contributed by atoms with Crippen LogP contribution in [-0.2, 0) is 18.3 Å². The zero-order chi connectivity index (χ0) is 14.7. The zero-order valence-electron chi connectivity index (χ0n) is 12.1. The summed E-state index contributed by atoms with van der Waals surface area (Å²) in [5.74, 6) is -0.345. The molecule has 0 aliphatic heterocycles. The minimum Gasteiger partial charge on any atom is -0.461 e. The van der Waals surface area contributed by atoms with E-state index in [1.165, 1.54) is 0 Å². The van der Waals surface area contributed by atoms with E-state index in [4.69, 9.17) is 4.74 Å². The van der Waals surface area contributed by atoms with Crippen molar-refractivity contribution >= 4 is 5.97 Å². The molecule has 0 bridgehead atoms. The molecule has 108 valence electrons. The Morgan fingerprint density at radius 2 is 2.10 bits per heavy atom. The molecule has 2 aromatic rings. The van der Waals surface area contributed by atoms with Crippen molar-refractivity contribution in [3.8, 4) is 0 Å². The fourth-order valence-electron chi connectivity index (χ4n) is 1.97. The predicted octanol–water partition coefficient (Wildman–Crippen LogP) is 0.755. The first kappa shape index (κ1) is 14.2. The van der Waals surface area contributed by atoms with Crippen molar-refractivity contribution in [1.29, 1.82) is 0 Å². The lowest BCUT2D eigenvalue weighted by Crippen LogP contribution is -2.13. The van der Waals surface area contributed by atoms with Gasteiger partial charge in [-0.25, -0.2) is 9.48 Å². The van der Waals surface area contributed by atoms with E-state index >= 15 is 0 Å². The van der Waals surface area contributed by atoms with Crippen LogP contribution in [0.1, 0.15) is 48.6 Å². The third kappa shape index (κ3) is 2.84. The molecule has 0 aliphatic rings. The Bertz CT molecular complexity index is 601. The number of esters is 1. The van der Waals surface area contributed by atoms with Crippen LogP contribution in [0.15, 0.2) is 6.20 Å². The largest absolute Gasteiger partial charge is 0.461 e. The lowest BCUT2D eigenvalue weighted by atomic mass is 10.1. The van der Waals surface area contributed by atoms with Gasteiger partial charge in [0, 0.05) is 13.2 Å². The molecule has 0 saturated carbocycles. The Balaban J connectivity index is 2.31. The fraction of sp³-hybridized carbons (Fsp3) is 0.583. The number of hydrogen-bond donors (Lipinski definition) is 0. The standard InChI is InChI=1S/C12H18N6O2/c1-5-20-12(19)10-11(8(2)3)18(16-14-10)7-9-6-17(4)15-13-9/h6,8H,5,7H2,1-4H3. The SMILES string of the molecule is CCOC(=O)c1nnn(Cc2cn(C)nn2)c1C(C)C. The molecular weight excluding hydrogens is 260 g/mol. The molecule has 0 N–H and O–H groups in total. The van der Waals surface area contributed by atoms with Gasteiger partial charge in [0.05, 0.1) is 18.8 Å². The minimum absolute atomic E-state index is 0.0982. The Hall–Kier alpha value is -2.25. The lowest BCUT2D eigenvalue weighted by Gasteiger charge is -2.09. The van der Waals surface area contributed by atoms with Gasteiger partial charge in [0.15, 0.2) is 5.69 Å². The van der Waals surface area contributed by atoms with Gasteiger partial charge in [0.25, 0.3) is 0 Å². The first-order valence-electron chi connectivity index (χ1n) is 6.48. The number of carbonyl (C=O) groups excluding carboxylic acids is 1. The van der Waals surface area contributed by atoms with Crippen LogP contribution in [0.3, 0.4) is 0 Å². The number of carbonyl (C=O) groups is 1. The number of hydrogen-bond acceptors (Lipinski definition) is 6. The molecule has 8 heteroatoms.